The van der Waals surface area contributed by atoms with Crippen LogP contribution < -0.4 is 10.6 Å². The van der Waals surface area contributed by atoms with Gasteiger partial charge in [0.1, 0.15) is 6.04 Å². The van der Waals surface area contributed by atoms with Crippen LogP contribution in [0.5, 0.6) is 0 Å². The maximum Gasteiger partial charge on any atom is 0.329 e. The Kier molecular flexibility index (Phi) is 9.94. The molecule has 36 heavy (non-hydrogen) atoms. The van der Waals surface area contributed by atoms with E-state index < -0.39 is 24.5 Å². The van der Waals surface area contributed by atoms with E-state index >= 15 is 0 Å². The second kappa shape index (κ2) is 13.6. The molecule has 0 saturated carbocycles. The number of rotatable bonds is 12. The molecule has 1 unspecified atom stereocenters. The fourth-order valence-electron chi connectivity index (χ4n) is 3.61. The van der Waals surface area contributed by atoms with Crippen molar-refractivity contribution in [1.29, 1.82) is 0 Å². The Morgan fingerprint density at radius 2 is 1.42 bits per heavy atom. The molecule has 0 fully saturated rings. The smallest absolute Gasteiger partial charge is 0.329 e. The van der Waals surface area contributed by atoms with Gasteiger partial charge in [0.05, 0.1) is 0 Å². The van der Waals surface area contributed by atoms with Crippen LogP contribution in [-0.4, -0.2) is 42.8 Å². The number of amides is 2. The molecule has 0 aliphatic rings. The molecule has 0 aliphatic heterocycles. The topological polar surface area (TPSA) is 102 Å². The van der Waals surface area contributed by atoms with Crippen LogP contribution in [0, 0.1) is 0 Å². The molecule has 3 aromatic rings. The Balaban J connectivity index is 1.57. The summed E-state index contributed by atoms with van der Waals surface area (Å²) < 4.78 is 5.32. The number of ketones is 1. The molecule has 3 aromatic carbocycles. The zero-order valence-corrected chi connectivity index (χ0v) is 20.2. The number of hydrogen-bond acceptors (Lipinski definition) is 5. The molecule has 0 aromatic heterocycles. The van der Waals surface area contributed by atoms with E-state index in [0.717, 1.165) is 24.0 Å². The van der Waals surface area contributed by atoms with Crippen molar-refractivity contribution >= 4 is 23.6 Å². The summed E-state index contributed by atoms with van der Waals surface area (Å²) in [7, 11) is 0. The van der Waals surface area contributed by atoms with E-state index in [4.69, 9.17) is 4.74 Å². The molecule has 186 valence electrons. The predicted octanol–water partition coefficient (Wildman–Crippen LogP) is 3.52. The zero-order chi connectivity index (χ0) is 25.8. The van der Waals surface area contributed by atoms with Crippen molar-refractivity contribution < 1.29 is 23.9 Å². The van der Waals surface area contributed by atoms with E-state index in [1.54, 1.807) is 42.5 Å². The number of aryl methyl sites for hydroxylation is 1. The monoisotopic (exact) mass is 486 g/mol. The fraction of sp³-hybridized carbons (Fsp3) is 0.241. The predicted molar refractivity (Wildman–Crippen MR) is 137 cm³/mol. The van der Waals surface area contributed by atoms with Gasteiger partial charge in [0.25, 0.3) is 5.91 Å². The average molecular weight is 487 g/mol. The maximum absolute atomic E-state index is 12.9. The second-order valence-electron chi connectivity index (χ2n) is 8.40. The highest BCUT2D eigenvalue weighted by atomic mass is 16.5. The summed E-state index contributed by atoms with van der Waals surface area (Å²) in [5.41, 5.74) is 2.76. The molecule has 7 heteroatoms. The van der Waals surface area contributed by atoms with Gasteiger partial charge in [0.2, 0.25) is 5.91 Å². The number of esters is 1. The Hall–Kier alpha value is -4.26. The lowest BCUT2D eigenvalue weighted by Crippen LogP contribution is -2.43. The Morgan fingerprint density at radius 3 is 2.06 bits per heavy atom. The van der Waals surface area contributed by atoms with Gasteiger partial charge in [-0.05, 0) is 36.1 Å². The molecule has 0 radical (unpaired) electrons. The number of Topliss-reactive ketones (excluding diaryl/α,β-unsaturated/α-hetero) is 1. The summed E-state index contributed by atoms with van der Waals surface area (Å²) >= 11 is 0. The van der Waals surface area contributed by atoms with E-state index in [0.29, 0.717) is 17.7 Å². The first kappa shape index (κ1) is 26.3. The number of carbonyl (C=O) groups is 4. The van der Waals surface area contributed by atoms with Crippen LogP contribution in [0.4, 0.5) is 0 Å². The fourth-order valence-corrected chi connectivity index (χ4v) is 3.61. The summed E-state index contributed by atoms with van der Waals surface area (Å²) in [5, 5.41) is 5.48. The molecule has 3 rings (SSSR count). The van der Waals surface area contributed by atoms with Crippen molar-refractivity contribution in [2.45, 2.75) is 32.2 Å². The first-order valence-corrected chi connectivity index (χ1v) is 11.9. The van der Waals surface area contributed by atoms with E-state index in [1.165, 1.54) is 6.92 Å². The van der Waals surface area contributed by atoms with Crippen LogP contribution in [0.25, 0.3) is 0 Å². The summed E-state index contributed by atoms with van der Waals surface area (Å²) in [5.74, 6) is -1.46. The first-order valence-electron chi connectivity index (χ1n) is 11.9. The number of hydrogen-bond donors (Lipinski definition) is 2. The third kappa shape index (κ3) is 8.51. The van der Waals surface area contributed by atoms with Gasteiger partial charge >= 0.3 is 5.97 Å². The molecule has 2 N–H and O–H groups in total. The summed E-state index contributed by atoms with van der Waals surface area (Å²) in [6.07, 6.45) is 1.80. The van der Waals surface area contributed by atoms with Crippen molar-refractivity contribution in [3.63, 3.8) is 0 Å². The summed E-state index contributed by atoms with van der Waals surface area (Å²) in [6.45, 7) is 1.65. The van der Waals surface area contributed by atoms with E-state index in [1.807, 2.05) is 42.5 Å². The first-order chi connectivity index (χ1) is 17.4. The van der Waals surface area contributed by atoms with Gasteiger partial charge in [0.15, 0.2) is 12.4 Å². The number of carbonyl (C=O) groups excluding carboxylic acids is 4. The lowest BCUT2D eigenvalue weighted by molar-refractivity contribution is -0.144. The van der Waals surface area contributed by atoms with Crippen molar-refractivity contribution in [3.8, 4) is 0 Å². The van der Waals surface area contributed by atoms with E-state index in [2.05, 4.69) is 10.6 Å². The van der Waals surface area contributed by atoms with Crippen molar-refractivity contribution in [2.75, 3.05) is 13.2 Å². The quantitative estimate of drug-likeness (QED) is 0.232. The minimum Gasteiger partial charge on any atom is -0.456 e. The van der Waals surface area contributed by atoms with Crippen LogP contribution in [0.15, 0.2) is 84.9 Å². The third-order valence-corrected chi connectivity index (χ3v) is 5.55. The molecular formula is C29H30N2O5. The number of ether oxygens (including phenoxy) is 1. The molecule has 2 amide bonds. The second-order valence-corrected chi connectivity index (χ2v) is 8.40. The minimum absolute atomic E-state index is 0.0591. The van der Waals surface area contributed by atoms with Crippen LogP contribution in [-0.2, 0) is 27.2 Å². The highest BCUT2D eigenvalue weighted by Gasteiger charge is 2.24. The highest BCUT2D eigenvalue weighted by molar-refractivity contribution is 5.99. The Morgan fingerprint density at radius 1 is 0.778 bits per heavy atom. The number of nitrogens with one attached hydrogen (secondary N) is 2. The zero-order valence-electron chi connectivity index (χ0n) is 20.2. The van der Waals surface area contributed by atoms with E-state index in [-0.39, 0.29) is 18.1 Å². The lowest BCUT2D eigenvalue weighted by Gasteiger charge is -2.18. The Bertz CT molecular complexity index is 1160. The molecule has 1 atom stereocenters. The van der Waals surface area contributed by atoms with Crippen molar-refractivity contribution in [3.05, 3.63) is 107 Å². The molecule has 0 saturated heterocycles. The van der Waals surface area contributed by atoms with Gasteiger partial charge < -0.3 is 15.4 Å². The maximum atomic E-state index is 12.9. The number of benzene rings is 3. The molecular weight excluding hydrogens is 456 g/mol. The molecule has 0 heterocycles. The Labute approximate surface area is 210 Å². The van der Waals surface area contributed by atoms with Gasteiger partial charge in [-0.2, -0.15) is 0 Å². The van der Waals surface area contributed by atoms with Crippen molar-refractivity contribution in [2.24, 2.45) is 0 Å². The molecule has 7 nitrogen and oxygen atoms in total. The molecule has 0 bridgehead atoms. The van der Waals surface area contributed by atoms with Gasteiger partial charge in [0, 0.05) is 31.0 Å². The normalized spacial score (nSPS) is 11.2. The van der Waals surface area contributed by atoms with Crippen LogP contribution in [0.2, 0.25) is 0 Å². The van der Waals surface area contributed by atoms with Gasteiger partial charge in [-0.15, -0.1) is 0 Å². The standard InChI is InChI=1S/C29H30N2O5/c1-21(32)30-18-8-11-22-14-16-24(17-15-22)27(33)20-36-29(35)26(19-23-9-4-2-5-10-23)31-28(34)25-12-6-3-7-13-25/h2-7,9-10,12-17,26H,8,11,18-20H2,1H3,(H,30,32)(H,31,34). The van der Waals surface area contributed by atoms with Crippen LogP contribution in [0.1, 0.15) is 45.2 Å². The lowest BCUT2D eigenvalue weighted by atomic mass is 10.0. The molecule has 0 spiro atoms. The van der Waals surface area contributed by atoms with Crippen LogP contribution >= 0.6 is 0 Å². The van der Waals surface area contributed by atoms with Crippen molar-refractivity contribution in [1.82, 2.24) is 10.6 Å². The van der Waals surface area contributed by atoms with E-state index in [9.17, 15) is 19.2 Å². The average Bonchev–Trinajstić information content (AvgIpc) is 2.90. The van der Waals surface area contributed by atoms with Gasteiger partial charge in [-0.3, -0.25) is 14.4 Å². The summed E-state index contributed by atoms with van der Waals surface area (Å²) in [6, 6.07) is 24.0. The highest BCUT2D eigenvalue weighted by Crippen LogP contribution is 2.10. The molecule has 0 aliphatic carbocycles. The largest absolute Gasteiger partial charge is 0.456 e. The van der Waals surface area contributed by atoms with Gasteiger partial charge in [-0.25, -0.2) is 4.79 Å². The summed E-state index contributed by atoms with van der Waals surface area (Å²) in [4.78, 5) is 49.1. The SMILES string of the molecule is CC(=O)NCCCc1ccc(C(=O)COC(=O)C(Cc2ccccc2)NC(=O)c2ccccc2)cc1. The van der Waals surface area contributed by atoms with Crippen LogP contribution in [0.3, 0.4) is 0 Å². The van der Waals surface area contributed by atoms with Gasteiger partial charge in [-0.1, -0.05) is 72.8 Å². The third-order valence-electron chi connectivity index (χ3n) is 5.55. The minimum atomic E-state index is -0.945.